The van der Waals surface area contributed by atoms with Crippen molar-refractivity contribution in [2.45, 2.75) is 13.5 Å². The summed E-state index contributed by atoms with van der Waals surface area (Å²) in [5.74, 6) is 1.28. The van der Waals surface area contributed by atoms with E-state index in [0.717, 1.165) is 12.1 Å². The highest BCUT2D eigenvalue weighted by Gasteiger charge is 2.15. The van der Waals surface area contributed by atoms with Crippen LogP contribution in [0.1, 0.15) is 11.3 Å². The molecule has 146 valence electrons. The van der Waals surface area contributed by atoms with Crippen molar-refractivity contribution in [3.63, 3.8) is 0 Å². The first-order chi connectivity index (χ1) is 12.9. The maximum absolute atomic E-state index is 12.6. The van der Waals surface area contributed by atoms with Crippen LogP contribution in [0.25, 0.3) is 0 Å². The van der Waals surface area contributed by atoms with Crippen LogP contribution < -0.4 is 5.32 Å². The smallest absolute Gasteiger partial charge is 0.235 e. The third kappa shape index (κ3) is 7.84. The van der Waals surface area contributed by atoms with Gasteiger partial charge < -0.3 is 19.6 Å². The number of thioether (sulfide) groups is 1. The van der Waals surface area contributed by atoms with Crippen LogP contribution in [0.4, 0.5) is 5.82 Å². The fraction of sp³-hybridized carbons (Fsp3) is 0.421. The zero-order chi connectivity index (χ0) is 19.6. The normalized spacial score (nSPS) is 10.8. The summed E-state index contributed by atoms with van der Waals surface area (Å²) in [5.41, 5.74) is 1.09. The molecular formula is C19H26N4O3S. The molecule has 0 aliphatic rings. The highest BCUT2D eigenvalue weighted by Crippen LogP contribution is 2.11. The van der Waals surface area contributed by atoms with E-state index in [2.05, 4.69) is 10.5 Å². The molecule has 2 amide bonds. The molecule has 0 saturated carbocycles. The van der Waals surface area contributed by atoms with Crippen molar-refractivity contribution in [3.8, 4) is 0 Å². The lowest BCUT2D eigenvalue weighted by molar-refractivity contribution is -0.129. The molecule has 2 aromatic rings. The van der Waals surface area contributed by atoms with Crippen LogP contribution in [-0.4, -0.2) is 65.5 Å². The Morgan fingerprint density at radius 3 is 2.52 bits per heavy atom. The van der Waals surface area contributed by atoms with E-state index in [0.29, 0.717) is 24.7 Å². The Bertz CT molecular complexity index is 734. The Morgan fingerprint density at radius 1 is 1.15 bits per heavy atom. The highest BCUT2D eigenvalue weighted by molar-refractivity contribution is 8.00. The summed E-state index contributed by atoms with van der Waals surface area (Å²) in [5, 5.41) is 6.37. The quantitative estimate of drug-likeness (QED) is 0.670. The molecule has 1 aromatic carbocycles. The molecular weight excluding hydrogens is 364 g/mol. The molecule has 2 rings (SSSR count). The van der Waals surface area contributed by atoms with Gasteiger partial charge in [0.25, 0.3) is 0 Å². The minimum atomic E-state index is -0.205. The summed E-state index contributed by atoms with van der Waals surface area (Å²) >= 11 is 1.29. The second-order valence-corrected chi connectivity index (χ2v) is 7.45. The maximum Gasteiger partial charge on any atom is 0.235 e. The number of carbonyl (C=O) groups is 2. The van der Waals surface area contributed by atoms with Gasteiger partial charge in [-0.05, 0) is 26.6 Å². The maximum atomic E-state index is 12.6. The Kier molecular flexibility index (Phi) is 8.35. The van der Waals surface area contributed by atoms with Gasteiger partial charge in [-0.2, -0.15) is 0 Å². The lowest BCUT2D eigenvalue weighted by Gasteiger charge is -2.24. The number of nitrogens with one attached hydrogen (secondary N) is 1. The first kappa shape index (κ1) is 21.0. The predicted octanol–water partition coefficient (Wildman–Crippen LogP) is 2.25. The van der Waals surface area contributed by atoms with Crippen molar-refractivity contribution in [1.29, 1.82) is 0 Å². The number of anilines is 1. The molecule has 0 fully saturated rings. The highest BCUT2D eigenvalue weighted by atomic mass is 32.2. The van der Waals surface area contributed by atoms with Crippen molar-refractivity contribution >= 4 is 29.4 Å². The minimum absolute atomic E-state index is 0.0239. The largest absolute Gasteiger partial charge is 0.360 e. The van der Waals surface area contributed by atoms with Gasteiger partial charge in [0.1, 0.15) is 5.76 Å². The Morgan fingerprint density at radius 2 is 1.89 bits per heavy atom. The van der Waals surface area contributed by atoms with Crippen molar-refractivity contribution in [3.05, 3.63) is 47.7 Å². The van der Waals surface area contributed by atoms with Crippen molar-refractivity contribution in [2.75, 3.05) is 44.0 Å². The molecule has 27 heavy (non-hydrogen) atoms. The molecule has 0 spiro atoms. The van der Waals surface area contributed by atoms with E-state index in [9.17, 15) is 9.59 Å². The van der Waals surface area contributed by atoms with Gasteiger partial charge in [0, 0.05) is 25.7 Å². The molecule has 1 N–H and O–H groups in total. The number of rotatable bonds is 10. The molecule has 0 saturated heterocycles. The summed E-state index contributed by atoms with van der Waals surface area (Å²) in [7, 11) is 3.96. The first-order valence-corrected chi connectivity index (χ1v) is 9.87. The number of aryl methyl sites for hydroxylation is 1. The van der Waals surface area contributed by atoms with Crippen LogP contribution in [0.5, 0.6) is 0 Å². The molecule has 0 unspecified atom stereocenters. The summed E-state index contributed by atoms with van der Waals surface area (Å²) in [6, 6.07) is 11.6. The molecule has 0 aliphatic carbocycles. The molecule has 0 bridgehead atoms. The second-order valence-electron chi connectivity index (χ2n) is 6.47. The monoisotopic (exact) mass is 390 g/mol. The van der Waals surface area contributed by atoms with Crippen LogP contribution in [0.2, 0.25) is 0 Å². The molecule has 7 nitrogen and oxygen atoms in total. The van der Waals surface area contributed by atoms with E-state index >= 15 is 0 Å². The number of likely N-dealkylation sites (N-methyl/N-ethyl adjacent to an activating group) is 1. The Hall–Kier alpha value is -2.32. The number of nitrogens with zero attached hydrogens (tertiary/aromatic N) is 3. The number of carbonyl (C=O) groups excluding carboxylic acids is 2. The second kappa shape index (κ2) is 10.7. The average molecular weight is 391 g/mol. The Labute approximate surface area is 164 Å². The van der Waals surface area contributed by atoms with Gasteiger partial charge in [-0.3, -0.25) is 9.59 Å². The SMILES string of the molecule is Cc1cc(NC(=O)CSCC(=O)N(CCN(C)C)Cc2ccccc2)no1. The van der Waals surface area contributed by atoms with Crippen molar-refractivity contribution in [2.24, 2.45) is 0 Å². The summed E-state index contributed by atoms with van der Waals surface area (Å²) in [4.78, 5) is 28.4. The zero-order valence-electron chi connectivity index (χ0n) is 16.0. The van der Waals surface area contributed by atoms with E-state index in [4.69, 9.17) is 4.52 Å². The average Bonchev–Trinajstić information content (AvgIpc) is 3.03. The molecule has 0 atom stereocenters. The van der Waals surface area contributed by atoms with E-state index in [1.807, 2.05) is 54.2 Å². The number of hydrogen-bond donors (Lipinski definition) is 1. The van der Waals surface area contributed by atoms with Gasteiger partial charge >= 0.3 is 0 Å². The standard InChI is InChI=1S/C19H26N4O3S/c1-15-11-17(21-26-15)20-18(24)13-27-14-19(25)23(10-9-22(2)3)12-16-7-5-4-6-8-16/h4-8,11H,9-10,12-14H2,1-3H3,(H,20,21,24). The van der Waals surface area contributed by atoms with Gasteiger partial charge in [-0.25, -0.2) is 0 Å². The van der Waals surface area contributed by atoms with Crippen LogP contribution in [0.15, 0.2) is 40.9 Å². The lowest BCUT2D eigenvalue weighted by atomic mass is 10.2. The molecule has 1 aromatic heterocycles. The van der Waals surface area contributed by atoms with E-state index in [1.54, 1.807) is 13.0 Å². The molecule has 0 radical (unpaired) electrons. The van der Waals surface area contributed by atoms with Gasteiger partial charge in [-0.1, -0.05) is 35.5 Å². The number of aromatic nitrogens is 1. The third-order valence-corrected chi connectivity index (χ3v) is 4.66. The predicted molar refractivity (Wildman–Crippen MR) is 108 cm³/mol. The van der Waals surface area contributed by atoms with Gasteiger partial charge in [-0.15, -0.1) is 11.8 Å². The van der Waals surface area contributed by atoms with Crippen LogP contribution in [-0.2, 0) is 16.1 Å². The van der Waals surface area contributed by atoms with Crippen LogP contribution >= 0.6 is 11.8 Å². The van der Waals surface area contributed by atoms with Crippen LogP contribution in [0.3, 0.4) is 0 Å². The number of hydrogen-bond acceptors (Lipinski definition) is 6. The third-order valence-electron chi connectivity index (χ3n) is 3.74. The summed E-state index contributed by atoms with van der Waals surface area (Å²) < 4.78 is 4.91. The lowest BCUT2D eigenvalue weighted by Crippen LogP contribution is -2.37. The number of amides is 2. The number of benzene rings is 1. The Balaban J connectivity index is 1.81. The zero-order valence-corrected chi connectivity index (χ0v) is 16.8. The fourth-order valence-corrected chi connectivity index (χ4v) is 3.06. The topological polar surface area (TPSA) is 78.7 Å². The van der Waals surface area contributed by atoms with E-state index < -0.39 is 0 Å². The van der Waals surface area contributed by atoms with Gasteiger partial charge in [0.15, 0.2) is 5.82 Å². The summed E-state index contributed by atoms with van der Waals surface area (Å²) in [6.45, 7) is 3.75. The molecule has 1 heterocycles. The fourth-order valence-electron chi connectivity index (χ4n) is 2.34. The van der Waals surface area contributed by atoms with Crippen LogP contribution in [0, 0.1) is 6.92 Å². The van der Waals surface area contributed by atoms with E-state index in [1.165, 1.54) is 11.8 Å². The molecule has 0 aliphatic heterocycles. The first-order valence-electron chi connectivity index (χ1n) is 8.71. The summed E-state index contributed by atoms with van der Waals surface area (Å²) in [6.07, 6.45) is 0. The molecule has 8 heteroatoms. The van der Waals surface area contributed by atoms with Gasteiger partial charge in [0.05, 0.1) is 11.5 Å². The van der Waals surface area contributed by atoms with Crippen molar-refractivity contribution < 1.29 is 14.1 Å². The van der Waals surface area contributed by atoms with Crippen molar-refractivity contribution in [1.82, 2.24) is 15.0 Å². The minimum Gasteiger partial charge on any atom is -0.360 e. The van der Waals surface area contributed by atoms with Gasteiger partial charge in [0.2, 0.25) is 11.8 Å². The van der Waals surface area contributed by atoms with E-state index in [-0.39, 0.29) is 23.3 Å².